The van der Waals surface area contributed by atoms with Crippen molar-refractivity contribution in [3.63, 3.8) is 0 Å². The van der Waals surface area contributed by atoms with E-state index in [9.17, 15) is 9.59 Å². The Hall–Kier alpha value is -2.16. The first-order chi connectivity index (χ1) is 9.88. The fraction of sp³-hybridized carbons (Fsp3) is 0.667. The number of nitrogens with one attached hydrogen (secondary N) is 1. The molecule has 0 aromatic carbocycles. The fourth-order valence-corrected chi connectivity index (χ4v) is 2.06. The van der Waals surface area contributed by atoms with Crippen molar-refractivity contribution in [2.45, 2.75) is 25.9 Å². The maximum atomic E-state index is 11.8. The molecule has 116 valence electrons. The highest BCUT2D eigenvalue weighted by Crippen LogP contribution is 2.24. The number of rotatable bonds is 6. The molecule has 0 radical (unpaired) electrons. The zero-order valence-electron chi connectivity index (χ0n) is 12.0. The first kappa shape index (κ1) is 15.2. The highest BCUT2D eigenvalue weighted by molar-refractivity contribution is 5.75. The standard InChI is InChI=1S/C12H18N4O5/c1-8-14-9(21-15-8)3-4-13-11(19)16-6-12(2,7-16)20-5-10(17)18/h3-7H2,1-2H3,(H,13,19)(H,17,18). The largest absolute Gasteiger partial charge is 0.480 e. The Labute approximate surface area is 121 Å². The first-order valence-electron chi connectivity index (χ1n) is 6.56. The van der Waals surface area contributed by atoms with Crippen LogP contribution >= 0.6 is 0 Å². The molecular weight excluding hydrogens is 280 g/mol. The number of ether oxygens (including phenoxy) is 1. The van der Waals surface area contributed by atoms with Crippen molar-refractivity contribution in [2.24, 2.45) is 0 Å². The zero-order chi connectivity index (χ0) is 15.5. The Balaban J connectivity index is 1.65. The molecule has 1 aliphatic heterocycles. The van der Waals surface area contributed by atoms with Crippen LogP contribution in [0.5, 0.6) is 0 Å². The van der Waals surface area contributed by atoms with Gasteiger partial charge in [-0.15, -0.1) is 0 Å². The van der Waals surface area contributed by atoms with Gasteiger partial charge in [-0.2, -0.15) is 4.98 Å². The van der Waals surface area contributed by atoms with Gasteiger partial charge in [0, 0.05) is 13.0 Å². The van der Waals surface area contributed by atoms with Crippen molar-refractivity contribution < 1.29 is 24.0 Å². The van der Waals surface area contributed by atoms with Crippen molar-refractivity contribution in [1.82, 2.24) is 20.4 Å². The van der Waals surface area contributed by atoms with Crippen LogP contribution in [0.3, 0.4) is 0 Å². The molecule has 1 aromatic heterocycles. The molecule has 2 N–H and O–H groups in total. The monoisotopic (exact) mass is 298 g/mol. The molecule has 1 fully saturated rings. The van der Waals surface area contributed by atoms with Gasteiger partial charge in [0.2, 0.25) is 5.89 Å². The third-order valence-electron chi connectivity index (χ3n) is 3.07. The van der Waals surface area contributed by atoms with Crippen molar-refractivity contribution >= 4 is 12.0 Å². The van der Waals surface area contributed by atoms with E-state index in [0.717, 1.165) is 0 Å². The lowest BCUT2D eigenvalue weighted by atomic mass is 9.97. The number of aromatic nitrogens is 2. The number of aliphatic carboxylic acids is 1. The Morgan fingerprint density at radius 2 is 2.24 bits per heavy atom. The number of aryl methyl sites for hydroxylation is 1. The third kappa shape index (κ3) is 4.15. The minimum atomic E-state index is -1.02. The van der Waals surface area contributed by atoms with E-state index in [4.69, 9.17) is 14.4 Å². The van der Waals surface area contributed by atoms with Crippen molar-refractivity contribution in [2.75, 3.05) is 26.2 Å². The molecule has 0 atom stereocenters. The van der Waals surface area contributed by atoms with Crippen LogP contribution in [0.15, 0.2) is 4.52 Å². The number of carboxylic acids is 1. The molecule has 0 unspecified atom stereocenters. The summed E-state index contributed by atoms with van der Waals surface area (Å²) in [5, 5.41) is 14.9. The number of carbonyl (C=O) groups is 2. The van der Waals surface area contributed by atoms with Crippen molar-refractivity contribution in [3.8, 4) is 0 Å². The average molecular weight is 298 g/mol. The van der Waals surface area contributed by atoms with Crippen LogP contribution < -0.4 is 5.32 Å². The summed E-state index contributed by atoms with van der Waals surface area (Å²) in [5.41, 5.74) is -0.584. The molecule has 9 nitrogen and oxygen atoms in total. The van der Waals surface area contributed by atoms with Gasteiger partial charge in [-0.1, -0.05) is 5.16 Å². The summed E-state index contributed by atoms with van der Waals surface area (Å²) in [6.45, 7) is 4.27. The van der Waals surface area contributed by atoms with Gasteiger partial charge in [-0.3, -0.25) is 0 Å². The summed E-state index contributed by atoms with van der Waals surface area (Å²) in [5.74, 6) is 0.0189. The van der Waals surface area contributed by atoms with E-state index in [1.54, 1.807) is 18.7 Å². The number of amides is 2. The van der Waals surface area contributed by atoms with Crippen molar-refractivity contribution in [3.05, 3.63) is 11.7 Å². The van der Waals surface area contributed by atoms with Crippen LogP contribution in [0.4, 0.5) is 4.79 Å². The smallest absolute Gasteiger partial charge is 0.329 e. The van der Waals surface area contributed by atoms with E-state index in [1.807, 2.05) is 0 Å². The zero-order valence-corrected chi connectivity index (χ0v) is 12.0. The van der Waals surface area contributed by atoms with Crippen LogP contribution in [0.25, 0.3) is 0 Å². The minimum absolute atomic E-state index is 0.220. The lowest BCUT2D eigenvalue weighted by molar-refractivity contribution is -0.159. The molecule has 9 heteroatoms. The molecule has 0 spiro atoms. The molecule has 2 rings (SSSR count). The van der Waals surface area contributed by atoms with E-state index in [-0.39, 0.29) is 12.6 Å². The third-order valence-corrected chi connectivity index (χ3v) is 3.07. The van der Waals surface area contributed by atoms with E-state index in [0.29, 0.717) is 37.8 Å². The fourth-order valence-electron chi connectivity index (χ4n) is 2.06. The second kappa shape index (κ2) is 6.08. The van der Waals surface area contributed by atoms with E-state index < -0.39 is 11.6 Å². The van der Waals surface area contributed by atoms with Gasteiger partial charge in [0.15, 0.2) is 5.82 Å². The van der Waals surface area contributed by atoms with Gasteiger partial charge in [0.05, 0.1) is 13.1 Å². The molecule has 1 aliphatic rings. The van der Waals surface area contributed by atoms with Gasteiger partial charge in [0.25, 0.3) is 0 Å². The normalized spacial score (nSPS) is 16.4. The Bertz CT molecular complexity index is 523. The Morgan fingerprint density at radius 1 is 1.52 bits per heavy atom. The summed E-state index contributed by atoms with van der Waals surface area (Å²) in [6, 6.07) is -0.220. The van der Waals surface area contributed by atoms with Crippen LogP contribution in [-0.4, -0.2) is 64.0 Å². The number of carboxylic acid groups (broad SMARTS) is 1. The number of nitrogens with zero attached hydrogens (tertiary/aromatic N) is 3. The highest BCUT2D eigenvalue weighted by atomic mass is 16.5. The minimum Gasteiger partial charge on any atom is -0.480 e. The summed E-state index contributed by atoms with van der Waals surface area (Å²) >= 11 is 0. The second-order valence-corrected chi connectivity index (χ2v) is 5.21. The number of hydrogen-bond donors (Lipinski definition) is 2. The summed E-state index contributed by atoms with van der Waals surface area (Å²) < 4.78 is 10.2. The van der Waals surface area contributed by atoms with Crippen LogP contribution in [-0.2, 0) is 16.0 Å². The molecule has 21 heavy (non-hydrogen) atoms. The molecule has 2 heterocycles. The topological polar surface area (TPSA) is 118 Å². The van der Waals surface area contributed by atoms with Crippen molar-refractivity contribution in [1.29, 1.82) is 0 Å². The van der Waals surface area contributed by atoms with E-state index in [2.05, 4.69) is 15.5 Å². The molecular formula is C12H18N4O5. The molecule has 1 saturated heterocycles. The molecule has 1 aromatic rings. The average Bonchev–Trinajstić information content (AvgIpc) is 2.78. The van der Waals surface area contributed by atoms with E-state index >= 15 is 0 Å². The predicted octanol–water partition coefficient (Wildman–Crippen LogP) is -0.194. The predicted molar refractivity (Wildman–Crippen MR) is 69.7 cm³/mol. The lowest BCUT2D eigenvalue weighted by Crippen LogP contribution is -2.65. The summed E-state index contributed by atoms with van der Waals surface area (Å²) in [7, 11) is 0. The second-order valence-electron chi connectivity index (χ2n) is 5.21. The molecule has 2 amide bonds. The van der Waals surface area contributed by atoms with Gasteiger partial charge in [0.1, 0.15) is 12.2 Å². The number of likely N-dealkylation sites (tertiary alicyclic amines) is 1. The molecule has 0 aliphatic carbocycles. The van der Waals surface area contributed by atoms with Gasteiger partial charge in [-0.05, 0) is 13.8 Å². The summed E-state index contributed by atoms with van der Waals surface area (Å²) in [6.07, 6.45) is 0.465. The molecule has 0 bridgehead atoms. The maximum absolute atomic E-state index is 11.8. The number of urea groups is 1. The number of hydrogen-bond acceptors (Lipinski definition) is 6. The van der Waals surface area contributed by atoms with Gasteiger partial charge < -0.3 is 24.6 Å². The summed E-state index contributed by atoms with van der Waals surface area (Å²) in [4.78, 5) is 27.9. The van der Waals surface area contributed by atoms with Crippen LogP contribution in [0.1, 0.15) is 18.6 Å². The van der Waals surface area contributed by atoms with Gasteiger partial charge >= 0.3 is 12.0 Å². The SMILES string of the molecule is Cc1noc(CCNC(=O)N2CC(C)(OCC(=O)O)C2)n1. The maximum Gasteiger partial charge on any atom is 0.329 e. The van der Waals surface area contributed by atoms with E-state index in [1.165, 1.54) is 0 Å². The Morgan fingerprint density at radius 3 is 2.81 bits per heavy atom. The van der Waals surface area contributed by atoms with Gasteiger partial charge in [-0.25, -0.2) is 9.59 Å². The van der Waals surface area contributed by atoms with Crippen LogP contribution in [0, 0.1) is 6.92 Å². The quantitative estimate of drug-likeness (QED) is 0.747. The lowest BCUT2D eigenvalue weighted by Gasteiger charge is -2.46. The highest BCUT2D eigenvalue weighted by Gasteiger charge is 2.42. The number of carbonyl (C=O) groups excluding carboxylic acids is 1. The Kier molecular flexibility index (Phi) is 4.41. The molecule has 0 saturated carbocycles. The van der Waals surface area contributed by atoms with Crippen LogP contribution in [0.2, 0.25) is 0 Å². The first-order valence-corrected chi connectivity index (χ1v) is 6.56.